The zero-order valence-corrected chi connectivity index (χ0v) is 18.2. The third-order valence-electron chi connectivity index (χ3n) is 5.81. The molecule has 7 nitrogen and oxygen atoms in total. The number of amides is 1. The van der Waals surface area contributed by atoms with Crippen molar-refractivity contribution in [2.24, 2.45) is 5.92 Å². The normalized spacial score (nSPS) is 25.7. The van der Waals surface area contributed by atoms with Gasteiger partial charge in [-0.3, -0.25) is 14.9 Å². The van der Waals surface area contributed by atoms with E-state index in [4.69, 9.17) is 39.5 Å². The molecule has 2 fully saturated rings. The summed E-state index contributed by atoms with van der Waals surface area (Å²) in [6.45, 7) is 2.73. The number of fused-ring (bicyclic) bond motifs is 1. The maximum absolute atomic E-state index is 12.6. The van der Waals surface area contributed by atoms with E-state index < -0.39 is 20.9 Å². The summed E-state index contributed by atoms with van der Waals surface area (Å²) in [6, 6.07) is 6.16. The summed E-state index contributed by atoms with van der Waals surface area (Å²) in [5.41, 5.74) is -0.428. The van der Waals surface area contributed by atoms with Crippen molar-refractivity contribution in [3.05, 3.63) is 39.9 Å². The summed E-state index contributed by atoms with van der Waals surface area (Å²) in [4.78, 5) is 24.8. The van der Waals surface area contributed by atoms with Gasteiger partial charge in [0.2, 0.25) is 3.79 Å². The Balaban J connectivity index is 1.67. The standard InChI is InChI=1S/C19H24Cl3N3O4/c20-19(21,22)18(23-17(26)14-7-1-2-9-16(14)25(27)28)29-12-13-6-5-11-24-10-4-3-8-15(13)24/h1-2,7,9,13,15,18H,3-6,8,10-12H2,(H,23,26)/p+1/t13-,15-,18+/m1/s1. The van der Waals surface area contributed by atoms with Crippen LogP contribution in [0.3, 0.4) is 0 Å². The summed E-state index contributed by atoms with van der Waals surface area (Å²) < 4.78 is 3.97. The van der Waals surface area contributed by atoms with E-state index in [0.29, 0.717) is 18.6 Å². The largest absolute Gasteiger partial charge is 0.353 e. The molecule has 0 aliphatic carbocycles. The molecular formula is C19H25Cl3N3O4+. The van der Waals surface area contributed by atoms with Crippen LogP contribution in [0.2, 0.25) is 0 Å². The minimum atomic E-state index is -1.91. The molecule has 2 N–H and O–H groups in total. The van der Waals surface area contributed by atoms with Gasteiger partial charge in [-0.15, -0.1) is 0 Å². The molecule has 0 aromatic heterocycles. The van der Waals surface area contributed by atoms with Gasteiger partial charge in [0.1, 0.15) is 5.56 Å². The average molecular weight is 466 g/mol. The number of halogens is 3. The molecule has 1 aromatic rings. The number of nitrogens with one attached hydrogen (secondary N) is 2. The average Bonchev–Trinajstić information content (AvgIpc) is 2.70. The van der Waals surface area contributed by atoms with Crippen molar-refractivity contribution in [3.63, 3.8) is 0 Å². The third-order valence-corrected chi connectivity index (χ3v) is 6.41. The SMILES string of the molecule is O=C(N[C@@H](OC[C@H]1CCC[NH+]2CCCC[C@H]12)C(Cl)(Cl)Cl)c1ccccc1[N+](=O)[O-]. The van der Waals surface area contributed by atoms with E-state index in [1.54, 1.807) is 4.90 Å². The molecule has 1 unspecified atom stereocenters. The lowest BCUT2D eigenvalue weighted by atomic mass is 9.84. The molecule has 2 aliphatic rings. The van der Waals surface area contributed by atoms with Crippen molar-refractivity contribution in [2.75, 3.05) is 19.7 Å². The van der Waals surface area contributed by atoms with Gasteiger partial charge in [0.05, 0.1) is 30.7 Å². The minimum Gasteiger partial charge on any atom is -0.353 e. The van der Waals surface area contributed by atoms with Crippen LogP contribution in [0.5, 0.6) is 0 Å². The Hall–Kier alpha value is -1.12. The maximum Gasteiger partial charge on any atom is 0.282 e. The first-order valence-electron chi connectivity index (χ1n) is 9.84. The number of para-hydroxylation sites is 1. The lowest BCUT2D eigenvalue weighted by Gasteiger charge is -2.41. The molecule has 160 valence electrons. The molecule has 2 heterocycles. The Morgan fingerprint density at radius 2 is 1.97 bits per heavy atom. The number of carbonyl (C=O) groups excluding carboxylic acids is 1. The van der Waals surface area contributed by atoms with E-state index >= 15 is 0 Å². The molecule has 29 heavy (non-hydrogen) atoms. The van der Waals surface area contributed by atoms with E-state index in [1.807, 2.05) is 0 Å². The smallest absolute Gasteiger partial charge is 0.282 e. The number of hydrogen-bond donors (Lipinski definition) is 2. The Morgan fingerprint density at radius 3 is 2.69 bits per heavy atom. The first kappa shape index (κ1) is 22.6. The summed E-state index contributed by atoms with van der Waals surface area (Å²) in [6.07, 6.45) is 4.58. The number of piperidine rings is 2. The van der Waals surface area contributed by atoms with Gasteiger partial charge in [-0.05, 0) is 38.2 Å². The van der Waals surface area contributed by atoms with Gasteiger partial charge in [0, 0.05) is 12.0 Å². The van der Waals surface area contributed by atoms with Gasteiger partial charge in [0.15, 0.2) is 6.23 Å². The second kappa shape index (κ2) is 9.79. The van der Waals surface area contributed by atoms with Crippen molar-refractivity contribution in [1.82, 2.24) is 5.32 Å². The molecule has 2 aliphatic heterocycles. The van der Waals surface area contributed by atoms with Crippen molar-refractivity contribution in [2.45, 2.75) is 48.2 Å². The zero-order valence-electron chi connectivity index (χ0n) is 15.9. The van der Waals surface area contributed by atoms with Crippen LogP contribution >= 0.6 is 34.8 Å². The molecule has 2 saturated heterocycles. The molecule has 10 heteroatoms. The van der Waals surface area contributed by atoms with E-state index in [0.717, 1.165) is 19.3 Å². The first-order valence-corrected chi connectivity index (χ1v) is 11.0. The predicted octanol–water partition coefficient (Wildman–Crippen LogP) is 2.88. The second-order valence-electron chi connectivity index (χ2n) is 7.67. The molecule has 3 rings (SSSR count). The Bertz CT molecular complexity index is 742. The number of carbonyl (C=O) groups is 1. The topological polar surface area (TPSA) is 85.9 Å². The minimum absolute atomic E-state index is 0.110. The third kappa shape index (κ3) is 5.73. The molecule has 1 amide bonds. The molecular weight excluding hydrogens is 441 g/mol. The number of rotatable bonds is 6. The number of hydrogen-bond acceptors (Lipinski definition) is 4. The highest BCUT2D eigenvalue weighted by molar-refractivity contribution is 6.68. The van der Waals surface area contributed by atoms with Gasteiger partial charge in [-0.1, -0.05) is 46.9 Å². The number of nitrogens with zero attached hydrogens (tertiary/aromatic N) is 1. The highest BCUT2D eigenvalue weighted by Crippen LogP contribution is 2.32. The van der Waals surface area contributed by atoms with Crippen LogP contribution in [0.4, 0.5) is 5.69 Å². The van der Waals surface area contributed by atoms with E-state index in [2.05, 4.69) is 5.32 Å². The molecule has 1 aromatic carbocycles. The summed E-state index contributed by atoms with van der Waals surface area (Å²) >= 11 is 18.1. The van der Waals surface area contributed by atoms with Gasteiger partial charge in [-0.25, -0.2) is 0 Å². The highest BCUT2D eigenvalue weighted by atomic mass is 35.6. The number of benzene rings is 1. The van der Waals surface area contributed by atoms with Crippen LogP contribution in [0.25, 0.3) is 0 Å². The van der Waals surface area contributed by atoms with Gasteiger partial charge in [-0.2, -0.15) is 0 Å². The van der Waals surface area contributed by atoms with E-state index in [-0.39, 0.29) is 11.3 Å². The predicted molar refractivity (Wildman–Crippen MR) is 112 cm³/mol. The molecule has 0 radical (unpaired) electrons. The highest BCUT2D eigenvalue weighted by Gasteiger charge is 2.40. The first-order chi connectivity index (χ1) is 13.8. The summed E-state index contributed by atoms with van der Waals surface area (Å²) in [7, 11) is 0. The Kier molecular flexibility index (Phi) is 7.62. The number of nitro benzene ring substituents is 1. The molecule has 0 bridgehead atoms. The van der Waals surface area contributed by atoms with Crippen molar-refractivity contribution in [3.8, 4) is 0 Å². The molecule has 0 saturated carbocycles. The van der Waals surface area contributed by atoms with Crippen LogP contribution in [0, 0.1) is 16.0 Å². The van der Waals surface area contributed by atoms with E-state index in [1.165, 1.54) is 50.2 Å². The zero-order chi connectivity index (χ0) is 21.0. The van der Waals surface area contributed by atoms with Gasteiger partial charge < -0.3 is 15.0 Å². The fourth-order valence-electron chi connectivity index (χ4n) is 4.44. The van der Waals surface area contributed by atoms with Crippen LogP contribution in [0.1, 0.15) is 42.5 Å². The summed E-state index contributed by atoms with van der Waals surface area (Å²) in [5, 5.41) is 13.7. The molecule has 0 spiro atoms. The number of alkyl halides is 3. The van der Waals surface area contributed by atoms with Crippen LogP contribution in [-0.4, -0.2) is 46.6 Å². The number of quaternary nitrogens is 1. The maximum atomic E-state index is 12.6. The fourth-order valence-corrected chi connectivity index (χ4v) is 4.79. The van der Waals surface area contributed by atoms with Crippen LogP contribution < -0.4 is 10.2 Å². The second-order valence-corrected chi connectivity index (χ2v) is 10.0. The quantitative estimate of drug-likeness (QED) is 0.293. The number of ether oxygens (including phenoxy) is 1. The Labute approximate surface area is 184 Å². The van der Waals surface area contributed by atoms with Crippen LogP contribution in [0.15, 0.2) is 24.3 Å². The fraction of sp³-hybridized carbons (Fsp3) is 0.632. The van der Waals surface area contributed by atoms with Gasteiger partial charge in [0.25, 0.3) is 11.6 Å². The van der Waals surface area contributed by atoms with Crippen molar-refractivity contribution in [1.29, 1.82) is 0 Å². The Morgan fingerprint density at radius 1 is 1.24 bits per heavy atom. The van der Waals surface area contributed by atoms with Crippen molar-refractivity contribution >= 4 is 46.4 Å². The summed E-state index contributed by atoms with van der Waals surface area (Å²) in [5.74, 6) is -0.390. The monoisotopic (exact) mass is 464 g/mol. The van der Waals surface area contributed by atoms with Gasteiger partial charge >= 0.3 is 0 Å². The number of nitro groups is 1. The van der Waals surface area contributed by atoms with Crippen LogP contribution in [-0.2, 0) is 4.74 Å². The van der Waals surface area contributed by atoms with E-state index in [9.17, 15) is 14.9 Å². The molecule has 4 atom stereocenters. The van der Waals surface area contributed by atoms with Crippen molar-refractivity contribution < 1.29 is 19.4 Å². The lowest BCUT2D eigenvalue weighted by molar-refractivity contribution is -0.940. The lowest BCUT2D eigenvalue weighted by Crippen LogP contribution is -3.18.